The third kappa shape index (κ3) is 2.71. The van der Waals surface area contributed by atoms with Gasteiger partial charge in [0.25, 0.3) is 0 Å². The second-order valence-electron chi connectivity index (χ2n) is 6.39. The molecule has 3 heterocycles. The van der Waals surface area contributed by atoms with Crippen LogP contribution in [0.25, 0.3) is 11.1 Å². The van der Waals surface area contributed by atoms with E-state index >= 15 is 0 Å². The molecule has 0 radical (unpaired) electrons. The number of benzene rings is 1. The standard InChI is InChI=1S/C20H21N5S/c1-12-13(2)26-20-18(12)19(22-11-17-24-23-14(3)25(17)20)16-8-6-15(7-9-16)5-4-10-21/h4-9H,10-11,21H2,1-3H3/b5-4+. The highest BCUT2D eigenvalue weighted by Gasteiger charge is 2.26. The molecule has 1 aliphatic heterocycles. The highest BCUT2D eigenvalue weighted by atomic mass is 32.1. The van der Waals surface area contributed by atoms with Gasteiger partial charge in [0.15, 0.2) is 5.82 Å². The van der Waals surface area contributed by atoms with Gasteiger partial charge in [0.1, 0.15) is 17.4 Å². The third-order valence-electron chi connectivity index (χ3n) is 4.71. The first-order chi connectivity index (χ1) is 12.6. The zero-order chi connectivity index (χ0) is 18.3. The molecule has 0 unspecified atom stereocenters. The number of hydrogen-bond acceptors (Lipinski definition) is 5. The number of aryl methyl sites for hydroxylation is 2. The van der Waals surface area contributed by atoms with E-state index in [1.54, 1.807) is 11.3 Å². The van der Waals surface area contributed by atoms with Gasteiger partial charge >= 0.3 is 0 Å². The molecular formula is C20H21N5S. The lowest BCUT2D eigenvalue weighted by molar-refractivity contribution is 0.869. The van der Waals surface area contributed by atoms with Crippen LogP contribution in [0.15, 0.2) is 35.3 Å². The lowest BCUT2D eigenvalue weighted by Crippen LogP contribution is -2.07. The van der Waals surface area contributed by atoms with Gasteiger partial charge in [-0.2, -0.15) is 0 Å². The van der Waals surface area contributed by atoms with Crippen molar-refractivity contribution in [2.24, 2.45) is 10.7 Å². The van der Waals surface area contributed by atoms with Crippen molar-refractivity contribution in [3.05, 3.63) is 69.1 Å². The van der Waals surface area contributed by atoms with Gasteiger partial charge in [-0.3, -0.25) is 9.56 Å². The summed E-state index contributed by atoms with van der Waals surface area (Å²) >= 11 is 1.78. The maximum atomic E-state index is 5.54. The summed E-state index contributed by atoms with van der Waals surface area (Å²) in [6.45, 7) is 7.40. The Labute approximate surface area is 156 Å². The largest absolute Gasteiger partial charge is 0.327 e. The van der Waals surface area contributed by atoms with E-state index < -0.39 is 0 Å². The lowest BCUT2D eigenvalue weighted by atomic mass is 9.99. The summed E-state index contributed by atoms with van der Waals surface area (Å²) < 4.78 is 2.15. The Morgan fingerprint density at radius 3 is 2.65 bits per heavy atom. The van der Waals surface area contributed by atoms with E-state index in [-0.39, 0.29) is 0 Å². The monoisotopic (exact) mass is 363 g/mol. The number of nitrogens with zero attached hydrogens (tertiary/aromatic N) is 4. The van der Waals surface area contributed by atoms with Crippen molar-refractivity contribution < 1.29 is 0 Å². The van der Waals surface area contributed by atoms with Gasteiger partial charge in [0, 0.05) is 22.5 Å². The molecule has 2 N–H and O–H groups in total. The second kappa shape index (κ2) is 6.63. The molecule has 3 aromatic rings. The summed E-state index contributed by atoms with van der Waals surface area (Å²) in [7, 11) is 0. The molecule has 0 aliphatic carbocycles. The van der Waals surface area contributed by atoms with Gasteiger partial charge in [-0.25, -0.2) is 0 Å². The van der Waals surface area contributed by atoms with Crippen molar-refractivity contribution in [2.45, 2.75) is 27.3 Å². The quantitative estimate of drug-likeness (QED) is 0.773. The molecule has 0 saturated heterocycles. The van der Waals surface area contributed by atoms with Crippen LogP contribution in [0.4, 0.5) is 0 Å². The molecule has 26 heavy (non-hydrogen) atoms. The Bertz CT molecular complexity index is 1020. The van der Waals surface area contributed by atoms with Crippen LogP contribution in [0.1, 0.15) is 38.8 Å². The van der Waals surface area contributed by atoms with Crippen molar-refractivity contribution in [3.8, 4) is 5.00 Å². The van der Waals surface area contributed by atoms with Crippen molar-refractivity contribution in [1.82, 2.24) is 14.8 Å². The van der Waals surface area contributed by atoms with Crippen molar-refractivity contribution in [1.29, 1.82) is 0 Å². The molecule has 1 aromatic carbocycles. The molecule has 1 aliphatic rings. The Hall–Kier alpha value is -2.57. The minimum absolute atomic E-state index is 0.533. The fraction of sp³-hybridized carbons (Fsp3) is 0.250. The Balaban J connectivity index is 1.86. The number of thiophene rings is 1. The molecule has 2 aromatic heterocycles. The number of rotatable bonds is 3. The fourth-order valence-corrected chi connectivity index (χ4v) is 4.46. The molecule has 0 bridgehead atoms. The average molecular weight is 363 g/mol. The Morgan fingerprint density at radius 2 is 1.92 bits per heavy atom. The summed E-state index contributed by atoms with van der Waals surface area (Å²) in [5.74, 6) is 1.80. The molecular weight excluding hydrogens is 342 g/mol. The highest BCUT2D eigenvalue weighted by Crippen LogP contribution is 2.36. The molecule has 6 heteroatoms. The van der Waals surface area contributed by atoms with E-state index in [1.807, 2.05) is 19.1 Å². The van der Waals surface area contributed by atoms with Gasteiger partial charge in [-0.1, -0.05) is 36.4 Å². The predicted molar refractivity (Wildman–Crippen MR) is 107 cm³/mol. The first-order valence-electron chi connectivity index (χ1n) is 8.63. The molecule has 0 atom stereocenters. The van der Waals surface area contributed by atoms with E-state index in [1.165, 1.54) is 21.0 Å². The summed E-state index contributed by atoms with van der Waals surface area (Å²) in [6.07, 6.45) is 3.99. The molecule has 0 amide bonds. The zero-order valence-corrected chi connectivity index (χ0v) is 16.0. The van der Waals surface area contributed by atoms with Crippen LogP contribution in [0.2, 0.25) is 0 Å². The van der Waals surface area contributed by atoms with Gasteiger partial charge in [-0.15, -0.1) is 21.5 Å². The van der Waals surface area contributed by atoms with Crippen molar-refractivity contribution in [3.63, 3.8) is 0 Å². The SMILES string of the molecule is Cc1sc2c(c1C)C(c1ccc(/C=C/CN)cc1)=NCc1nnc(C)n1-2. The Kier molecular flexibility index (Phi) is 4.30. The average Bonchev–Trinajstić information content (AvgIpc) is 3.09. The molecule has 132 valence electrons. The van der Waals surface area contributed by atoms with E-state index in [2.05, 4.69) is 52.9 Å². The number of fused-ring (bicyclic) bond motifs is 3. The summed E-state index contributed by atoms with van der Waals surface area (Å²) in [5.41, 5.74) is 11.3. The lowest BCUT2D eigenvalue weighted by Gasteiger charge is -2.09. The van der Waals surface area contributed by atoms with E-state index in [4.69, 9.17) is 10.7 Å². The van der Waals surface area contributed by atoms with Crippen LogP contribution in [-0.4, -0.2) is 27.0 Å². The summed E-state index contributed by atoms with van der Waals surface area (Å²) in [6, 6.07) is 8.47. The van der Waals surface area contributed by atoms with Crippen LogP contribution in [0.5, 0.6) is 0 Å². The van der Waals surface area contributed by atoms with Crippen LogP contribution in [0.3, 0.4) is 0 Å². The van der Waals surface area contributed by atoms with E-state index in [9.17, 15) is 0 Å². The van der Waals surface area contributed by atoms with Crippen molar-refractivity contribution >= 4 is 23.1 Å². The highest BCUT2D eigenvalue weighted by molar-refractivity contribution is 7.15. The number of aliphatic imine (C=N–C) groups is 1. The fourth-order valence-electron chi connectivity index (χ4n) is 3.24. The maximum absolute atomic E-state index is 5.54. The Morgan fingerprint density at radius 1 is 1.15 bits per heavy atom. The van der Waals surface area contributed by atoms with E-state index in [0.29, 0.717) is 13.1 Å². The molecule has 0 saturated carbocycles. The predicted octanol–water partition coefficient (Wildman–Crippen LogP) is 3.58. The van der Waals surface area contributed by atoms with Gasteiger partial charge in [0.2, 0.25) is 0 Å². The number of hydrogen-bond donors (Lipinski definition) is 1. The molecule has 5 nitrogen and oxygen atoms in total. The van der Waals surface area contributed by atoms with Gasteiger partial charge in [-0.05, 0) is 31.9 Å². The summed E-state index contributed by atoms with van der Waals surface area (Å²) in [5, 5.41) is 9.74. The normalized spacial score (nSPS) is 13.5. The van der Waals surface area contributed by atoms with Crippen LogP contribution in [-0.2, 0) is 6.54 Å². The van der Waals surface area contributed by atoms with Crippen LogP contribution >= 0.6 is 11.3 Å². The van der Waals surface area contributed by atoms with Gasteiger partial charge < -0.3 is 5.73 Å². The zero-order valence-electron chi connectivity index (χ0n) is 15.2. The van der Waals surface area contributed by atoms with Crippen LogP contribution in [0, 0.1) is 20.8 Å². The summed E-state index contributed by atoms with van der Waals surface area (Å²) in [4.78, 5) is 6.21. The third-order valence-corrected chi connectivity index (χ3v) is 5.90. The first kappa shape index (κ1) is 16.9. The smallest absolute Gasteiger partial charge is 0.160 e. The van der Waals surface area contributed by atoms with Crippen molar-refractivity contribution in [2.75, 3.05) is 6.54 Å². The number of aromatic nitrogens is 3. The number of nitrogens with two attached hydrogens (primary N) is 1. The molecule has 0 spiro atoms. The molecule has 4 rings (SSSR count). The topological polar surface area (TPSA) is 69.1 Å². The van der Waals surface area contributed by atoms with Crippen LogP contribution < -0.4 is 5.73 Å². The molecule has 0 fully saturated rings. The first-order valence-corrected chi connectivity index (χ1v) is 9.45. The second-order valence-corrected chi connectivity index (χ2v) is 7.59. The van der Waals surface area contributed by atoms with E-state index in [0.717, 1.165) is 28.5 Å². The minimum atomic E-state index is 0.533. The van der Waals surface area contributed by atoms with Gasteiger partial charge in [0.05, 0.1) is 5.71 Å². The minimum Gasteiger partial charge on any atom is -0.327 e. The maximum Gasteiger partial charge on any atom is 0.160 e.